The van der Waals surface area contributed by atoms with Gasteiger partial charge < -0.3 is 10.2 Å². The predicted molar refractivity (Wildman–Crippen MR) is 86.1 cm³/mol. The Morgan fingerprint density at radius 2 is 1.95 bits per heavy atom. The first kappa shape index (κ1) is 15.3. The van der Waals surface area contributed by atoms with E-state index in [1.165, 1.54) is 25.7 Å². The Hall–Kier alpha value is -1.09. The van der Waals surface area contributed by atoms with E-state index in [1.807, 2.05) is 0 Å². The fourth-order valence-electron chi connectivity index (χ4n) is 2.81. The normalized spacial score (nSPS) is 16.6. The molecule has 20 heavy (non-hydrogen) atoms. The zero-order valence-corrected chi connectivity index (χ0v) is 13.4. The van der Waals surface area contributed by atoms with Crippen molar-refractivity contribution in [3.8, 4) is 0 Å². The summed E-state index contributed by atoms with van der Waals surface area (Å²) in [7, 11) is 2.17. The molecule has 112 valence electrons. The lowest BCUT2D eigenvalue weighted by atomic mass is 10.1. The van der Waals surface area contributed by atoms with Crippen molar-refractivity contribution < 1.29 is 0 Å². The molecule has 0 atom stereocenters. The van der Waals surface area contributed by atoms with Gasteiger partial charge in [-0.25, -0.2) is 4.98 Å². The molecule has 0 amide bonds. The van der Waals surface area contributed by atoms with Gasteiger partial charge in [0.1, 0.15) is 5.82 Å². The van der Waals surface area contributed by atoms with E-state index in [9.17, 15) is 0 Å². The van der Waals surface area contributed by atoms with E-state index in [0.29, 0.717) is 0 Å². The summed E-state index contributed by atoms with van der Waals surface area (Å²) in [6.45, 7) is 8.52. The monoisotopic (exact) mass is 275 g/mol. The molecule has 0 radical (unpaired) electrons. The van der Waals surface area contributed by atoms with Crippen LogP contribution in [0.15, 0.2) is 18.2 Å². The first-order valence-electron chi connectivity index (χ1n) is 7.86. The van der Waals surface area contributed by atoms with E-state index < -0.39 is 0 Å². The topological polar surface area (TPSA) is 28.2 Å². The van der Waals surface area contributed by atoms with Crippen molar-refractivity contribution in [3.63, 3.8) is 0 Å². The predicted octanol–water partition coefficient (Wildman–Crippen LogP) is 3.60. The molecule has 0 spiro atoms. The quantitative estimate of drug-likeness (QED) is 0.890. The number of hydrogen-bond donors (Lipinski definition) is 1. The SMILES string of the molecule is CN(CC1CCCC1)c1cccc(CNC(C)(C)C)n1. The van der Waals surface area contributed by atoms with E-state index in [0.717, 1.165) is 30.5 Å². The molecule has 3 nitrogen and oxygen atoms in total. The standard InChI is InChI=1S/C17H29N3/c1-17(2,3)18-12-15-10-7-11-16(19-15)20(4)13-14-8-5-6-9-14/h7,10-11,14,18H,5-6,8-9,12-13H2,1-4H3. The number of nitrogens with one attached hydrogen (secondary N) is 1. The maximum Gasteiger partial charge on any atom is 0.128 e. The third-order valence-electron chi connectivity index (χ3n) is 3.99. The second-order valence-corrected chi connectivity index (χ2v) is 7.12. The van der Waals surface area contributed by atoms with Crippen molar-refractivity contribution in [3.05, 3.63) is 23.9 Å². The van der Waals surface area contributed by atoms with Gasteiger partial charge in [0.2, 0.25) is 0 Å². The highest BCUT2D eigenvalue weighted by Gasteiger charge is 2.17. The van der Waals surface area contributed by atoms with Gasteiger partial charge in [0.25, 0.3) is 0 Å². The van der Waals surface area contributed by atoms with Crippen molar-refractivity contribution in [2.45, 2.75) is 58.5 Å². The largest absolute Gasteiger partial charge is 0.359 e. The molecule has 1 saturated carbocycles. The van der Waals surface area contributed by atoms with E-state index in [1.54, 1.807) is 0 Å². The van der Waals surface area contributed by atoms with Crippen LogP contribution in [0.5, 0.6) is 0 Å². The molecule has 0 aliphatic heterocycles. The van der Waals surface area contributed by atoms with Crippen LogP contribution in [0, 0.1) is 5.92 Å². The summed E-state index contributed by atoms with van der Waals surface area (Å²) in [4.78, 5) is 7.10. The molecule has 0 unspecified atom stereocenters. The Balaban J connectivity index is 1.93. The molecule has 1 aromatic rings. The second-order valence-electron chi connectivity index (χ2n) is 7.12. The Kier molecular flexibility index (Phi) is 5.03. The number of anilines is 1. The van der Waals surface area contributed by atoms with Crippen molar-refractivity contribution in [1.82, 2.24) is 10.3 Å². The number of rotatable bonds is 5. The van der Waals surface area contributed by atoms with Gasteiger partial charge in [-0.2, -0.15) is 0 Å². The summed E-state index contributed by atoms with van der Waals surface area (Å²) in [6.07, 6.45) is 5.58. The minimum atomic E-state index is 0.132. The van der Waals surface area contributed by atoms with E-state index in [4.69, 9.17) is 4.98 Å². The summed E-state index contributed by atoms with van der Waals surface area (Å²) >= 11 is 0. The smallest absolute Gasteiger partial charge is 0.128 e. The lowest BCUT2D eigenvalue weighted by Crippen LogP contribution is -2.35. The Bertz CT molecular complexity index is 416. The van der Waals surface area contributed by atoms with Crippen LogP contribution in [0.2, 0.25) is 0 Å². The number of pyridine rings is 1. The van der Waals surface area contributed by atoms with Crippen LogP contribution in [0.25, 0.3) is 0 Å². The Morgan fingerprint density at radius 1 is 1.25 bits per heavy atom. The van der Waals surface area contributed by atoms with Crippen LogP contribution in [-0.4, -0.2) is 24.1 Å². The molecule has 1 heterocycles. The fraction of sp³-hybridized carbons (Fsp3) is 0.706. The molecular weight excluding hydrogens is 246 g/mol. The van der Waals surface area contributed by atoms with Gasteiger partial charge >= 0.3 is 0 Å². The summed E-state index contributed by atoms with van der Waals surface area (Å²) in [6, 6.07) is 6.34. The first-order chi connectivity index (χ1) is 9.44. The lowest BCUT2D eigenvalue weighted by Gasteiger charge is -2.23. The molecule has 1 aliphatic rings. The highest BCUT2D eigenvalue weighted by atomic mass is 15.2. The summed E-state index contributed by atoms with van der Waals surface area (Å²) in [5.41, 5.74) is 1.25. The first-order valence-corrected chi connectivity index (χ1v) is 7.86. The van der Waals surface area contributed by atoms with Gasteiger partial charge in [0.15, 0.2) is 0 Å². The molecule has 1 N–H and O–H groups in total. The second kappa shape index (κ2) is 6.57. The maximum absolute atomic E-state index is 4.78. The van der Waals surface area contributed by atoms with E-state index in [2.05, 4.69) is 56.2 Å². The van der Waals surface area contributed by atoms with Crippen molar-refractivity contribution in [2.24, 2.45) is 5.92 Å². The van der Waals surface area contributed by atoms with Gasteiger partial charge in [0.05, 0.1) is 5.69 Å². The average Bonchev–Trinajstić information content (AvgIpc) is 2.89. The zero-order valence-electron chi connectivity index (χ0n) is 13.4. The molecule has 3 heteroatoms. The van der Waals surface area contributed by atoms with Crippen LogP contribution in [0.3, 0.4) is 0 Å². The summed E-state index contributed by atoms with van der Waals surface area (Å²) < 4.78 is 0. The van der Waals surface area contributed by atoms with Gasteiger partial charge in [-0.3, -0.25) is 0 Å². The average molecular weight is 275 g/mol. The Labute approximate surface area is 123 Å². The lowest BCUT2D eigenvalue weighted by molar-refractivity contribution is 0.421. The van der Waals surface area contributed by atoms with Gasteiger partial charge in [-0.1, -0.05) is 18.9 Å². The number of nitrogens with zero attached hydrogens (tertiary/aromatic N) is 2. The van der Waals surface area contributed by atoms with Crippen molar-refractivity contribution in [2.75, 3.05) is 18.5 Å². The van der Waals surface area contributed by atoms with Gasteiger partial charge in [0, 0.05) is 25.7 Å². The van der Waals surface area contributed by atoms with Gasteiger partial charge in [-0.15, -0.1) is 0 Å². The number of aromatic nitrogens is 1. The highest BCUT2D eigenvalue weighted by molar-refractivity contribution is 5.38. The van der Waals surface area contributed by atoms with Crippen LogP contribution >= 0.6 is 0 Å². The molecule has 0 aromatic carbocycles. The van der Waals surface area contributed by atoms with Crippen molar-refractivity contribution >= 4 is 5.82 Å². The van der Waals surface area contributed by atoms with Gasteiger partial charge in [-0.05, 0) is 51.7 Å². The van der Waals surface area contributed by atoms with Crippen LogP contribution in [-0.2, 0) is 6.54 Å². The molecule has 1 aliphatic carbocycles. The molecule has 1 aromatic heterocycles. The minimum Gasteiger partial charge on any atom is -0.359 e. The van der Waals surface area contributed by atoms with Crippen LogP contribution < -0.4 is 10.2 Å². The fourth-order valence-corrected chi connectivity index (χ4v) is 2.81. The molecule has 1 fully saturated rings. The maximum atomic E-state index is 4.78. The van der Waals surface area contributed by atoms with E-state index >= 15 is 0 Å². The highest BCUT2D eigenvalue weighted by Crippen LogP contribution is 2.26. The number of hydrogen-bond acceptors (Lipinski definition) is 3. The third-order valence-corrected chi connectivity index (χ3v) is 3.99. The van der Waals surface area contributed by atoms with Crippen LogP contribution in [0.1, 0.15) is 52.1 Å². The van der Waals surface area contributed by atoms with Crippen LogP contribution in [0.4, 0.5) is 5.82 Å². The molecule has 0 saturated heterocycles. The summed E-state index contributed by atoms with van der Waals surface area (Å²) in [5.74, 6) is 1.96. The third kappa shape index (κ3) is 4.78. The molecular formula is C17H29N3. The zero-order chi connectivity index (χ0) is 14.6. The Morgan fingerprint density at radius 3 is 2.60 bits per heavy atom. The van der Waals surface area contributed by atoms with E-state index in [-0.39, 0.29) is 5.54 Å². The summed E-state index contributed by atoms with van der Waals surface area (Å²) in [5, 5.41) is 3.50. The minimum absolute atomic E-state index is 0.132. The molecule has 0 bridgehead atoms. The van der Waals surface area contributed by atoms with Crippen molar-refractivity contribution in [1.29, 1.82) is 0 Å². The molecule has 2 rings (SSSR count).